The topological polar surface area (TPSA) is 63.4 Å². The zero-order valence-corrected chi connectivity index (χ0v) is 14.0. The van der Waals surface area contributed by atoms with E-state index in [2.05, 4.69) is 6.58 Å². The number of hydrogen-bond donors (Lipinski definition) is 1. The molecule has 0 bridgehead atoms. The minimum absolute atomic E-state index is 0.00770. The minimum Gasteiger partial charge on any atom is -0.399 e. The van der Waals surface area contributed by atoms with Gasteiger partial charge in [0.1, 0.15) is 4.90 Å². The molecule has 0 spiro atoms. The predicted octanol–water partition coefficient (Wildman–Crippen LogP) is 3.55. The molecule has 1 aromatic rings. The lowest BCUT2D eigenvalue weighted by Crippen LogP contribution is -2.45. The summed E-state index contributed by atoms with van der Waals surface area (Å²) < 4.78 is 26.9. The first kappa shape index (κ1) is 17.3. The molecule has 0 saturated heterocycles. The molecule has 0 fully saturated rings. The number of benzene rings is 1. The highest BCUT2D eigenvalue weighted by atomic mass is 35.5. The number of sulfonamides is 1. The van der Waals surface area contributed by atoms with Crippen molar-refractivity contribution >= 4 is 38.9 Å². The summed E-state index contributed by atoms with van der Waals surface area (Å²) in [6.07, 6.45) is 1.52. The molecule has 0 heterocycles. The van der Waals surface area contributed by atoms with Gasteiger partial charge < -0.3 is 5.73 Å². The van der Waals surface area contributed by atoms with E-state index in [1.165, 1.54) is 22.5 Å². The molecule has 1 rings (SSSR count). The lowest BCUT2D eigenvalue weighted by Gasteiger charge is -2.34. The second kappa shape index (κ2) is 5.93. The second-order valence-electron chi connectivity index (χ2n) is 5.31. The predicted molar refractivity (Wildman–Crippen MR) is 84.7 cm³/mol. The third kappa shape index (κ3) is 3.47. The van der Waals surface area contributed by atoms with Gasteiger partial charge in [0, 0.05) is 17.8 Å². The Morgan fingerprint density at radius 1 is 1.30 bits per heavy atom. The highest BCUT2D eigenvalue weighted by Gasteiger charge is 2.35. The zero-order chi connectivity index (χ0) is 15.7. The standard InChI is InChI=1S/C13H18Cl2N2O2S/c1-5-6-17(13(2,3)4)20(18,19)12-10(14)7-9(16)8-11(12)15/h5,7-8H,1,6,16H2,2-4H3. The maximum atomic E-state index is 12.8. The van der Waals surface area contributed by atoms with Crippen LogP contribution in [0.4, 0.5) is 5.69 Å². The molecule has 0 aliphatic carbocycles. The van der Waals surface area contributed by atoms with Gasteiger partial charge in [-0.25, -0.2) is 8.42 Å². The second-order valence-corrected chi connectivity index (χ2v) is 7.92. The third-order valence-electron chi connectivity index (χ3n) is 2.61. The Morgan fingerprint density at radius 2 is 1.75 bits per heavy atom. The van der Waals surface area contributed by atoms with Gasteiger partial charge in [0.2, 0.25) is 10.0 Å². The Bertz CT molecular complexity index is 599. The van der Waals surface area contributed by atoms with E-state index in [1.807, 2.05) is 0 Å². The van der Waals surface area contributed by atoms with Crippen LogP contribution in [0.1, 0.15) is 20.8 Å². The van der Waals surface area contributed by atoms with Crippen LogP contribution in [-0.2, 0) is 10.0 Å². The largest absolute Gasteiger partial charge is 0.399 e. The van der Waals surface area contributed by atoms with Crippen LogP contribution >= 0.6 is 23.2 Å². The molecule has 0 atom stereocenters. The van der Waals surface area contributed by atoms with Crippen molar-refractivity contribution < 1.29 is 8.42 Å². The molecular formula is C13H18Cl2N2O2S. The van der Waals surface area contributed by atoms with Crippen molar-refractivity contribution in [3.8, 4) is 0 Å². The van der Waals surface area contributed by atoms with Crippen LogP contribution in [0.3, 0.4) is 0 Å². The van der Waals surface area contributed by atoms with E-state index in [0.717, 1.165) is 0 Å². The van der Waals surface area contributed by atoms with Crippen LogP contribution in [0.25, 0.3) is 0 Å². The third-order valence-corrected chi connectivity index (χ3v) is 5.66. The van der Waals surface area contributed by atoms with Crippen LogP contribution in [0.2, 0.25) is 10.0 Å². The van der Waals surface area contributed by atoms with E-state index >= 15 is 0 Å². The van der Waals surface area contributed by atoms with Crippen molar-refractivity contribution in [3.63, 3.8) is 0 Å². The molecule has 2 N–H and O–H groups in total. The van der Waals surface area contributed by atoms with Gasteiger partial charge in [-0.1, -0.05) is 29.3 Å². The highest BCUT2D eigenvalue weighted by Crippen LogP contribution is 2.36. The number of nitrogens with zero attached hydrogens (tertiary/aromatic N) is 1. The fraction of sp³-hybridized carbons (Fsp3) is 0.385. The first-order valence-electron chi connectivity index (χ1n) is 5.90. The summed E-state index contributed by atoms with van der Waals surface area (Å²) in [6, 6.07) is 2.74. The van der Waals surface area contributed by atoms with Gasteiger partial charge >= 0.3 is 0 Å². The van der Waals surface area contributed by atoms with Crippen molar-refractivity contribution in [1.29, 1.82) is 0 Å². The molecule has 0 aromatic heterocycles. The van der Waals surface area contributed by atoms with Gasteiger partial charge in [0.15, 0.2) is 0 Å². The van der Waals surface area contributed by atoms with Crippen LogP contribution in [-0.4, -0.2) is 24.8 Å². The van der Waals surface area contributed by atoms with Crippen molar-refractivity contribution in [1.82, 2.24) is 4.31 Å². The summed E-state index contributed by atoms with van der Waals surface area (Å²) in [5.74, 6) is 0. The molecule has 112 valence electrons. The number of rotatable bonds is 4. The number of nitrogen functional groups attached to an aromatic ring is 1. The van der Waals surface area contributed by atoms with E-state index in [1.54, 1.807) is 20.8 Å². The Hall–Kier alpha value is -0.750. The SMILES string of the molecule is C=CCN(C(C)(C)C)S(=O)(=O)c1c(Cl)cc(N)cc1Cl. The molecule has 0 aliphatic rings. The van der Waals surface area contributed by atoms with Crippen molar-refractivity contribution in [2.45, 2.75) is 31.2 Å². The lowest BCUT2D eigenvalue weighted by molar-refractivity contribution is 0.270. The van der Waals surface area contributed by atoms with E-state index in [-0.39, 0.29) is 21.5 Å². The summed E-state index contributed by atoms with van der Waals surface area (Å²) >= 11 is 12.0. The molecular weight excluding hydrogens is 319 g/mol. The van der Waals surface area contributed by atoms with Crippen LogP contribution < -0.4 is 5.73 Å². The Balaban J connectivity index is 3.53. The number of nitrogens with two attached hydrogens (primary N) is 1. The number of hydrogen-bond acceptors (Lipinski definition) is 3. The fourth-order valence-electron chi connectivity index (χ4n) is 1.79. The summed E-state index contributed by atoms with van der Waals surface area (Å²) in [4.78, 5) is -0.133. The number of halogens is 2. The van der Waals surface area contributed by atoms with Gasteiger partial charge in [-0.15, -0.1) is 6.58 Å². The van der Waals surface area contributed by atoms with Crippen LogP contribution in [0, 0.1) is 0 Å². The summed E-state index contributed by atoms with van der Waals surface area (Å²) in [6.45, 7) is 9.10. The van der Waals surface area contributed by atoms with Crippen molar-refractivity contribution in [3.05, 3.63) is 34.8 Å². The first-order valence-corrected chi connectivity index (χ1v) is 8.09. The van der Waals surface area contributed by atoms with Crippen molar-refractivity contribution in [2.24, 2.45) is 0 Å². The lowest BCUT2D eigenvalue weighted by atomic mass is 10.1. The molecule has 4 nitrogen and oxygen atoms in total. The maximum absolute atomic E-state index is 12.8. The summed E-state index contributed by atoms with van der Waals surface area (Å²) in [7, 11) is -3.86. The average molecular weight is 337 g/mol. The van der Waals surface area contributed by atoms with Gasteiger partial charge in [-0.05, 0) is 32.9 Å². The maximum Gasteiger partial charge on any atom is 0.246 e. The molecule has 0 amide bonds. The van der Waals surface area contributed by atoms with Gasteiger partial charge in [0.25, 0.3) is 0 Å². The minimum atomic E-state index is -3.86. The van der Waals surface area contributed by atoms with E-state index < -0.39 is 15.6 Å². The molecule has 7 heteroatoms. The molecule has 0 unspecified atom stereocenters. The normalized spacial score (nSPS) is 12.7. The molecule has 20 heavy (non-hydrogen) atoms. The molecule has 0 saturated carbocycles. The Morgan fingerprint density at radius 3 is 2.10 bits per heavy atom. The van der Waals surface area contributed by atoms with E-state index in [0.29, 0.717) is 5.69 Å². The van der Waals surface area contributed by atoms with Gasteiger partial charge in [-0.2, -0.15) is 4.31 Å². The summed E-state index contributed by atoms with van der Waals surface area (Å²) in [5.41, 5.74) is 5.27. The molecule has 1 aromatic carbocycles. The first-order chi connectivity index (χ1) is 9.01. The summed E-state index contributed by atoms with van der Waals surface area (Å²) in [5, 5.41) is 0.0154. The fourth-order valence-corrected chi connectivity index (χ4v) is 4.73. The number of anilines is 1. The van der Waals surface area contributed by atoms with Gasteiger partial charge in [0.05, 0.1) is 10.0 Å². The Labute approximate surface area is 130 Å². The zero-order valence-electron chi connectivity index (χ0n) is 11.7. The smallest absolute Gasteiger partial charge is 0.246 e. The van der Waals surface area contributed by atoms with Crippen LogP contribution in [0.5, 0.6) is 0 Å². The monoisotopic (exact) mass is 336 g/mol. The van der Waals surface area contributed by atoms with Crippen molar-refractivity contribution in [2.75, 3.05) is 12.3 Å². The highest BCUT2D eigenvalue weighted by molar-refractivity contribution is 7.89. The average Bonchev–Trinajstić information content (AvgIpc) is 2.21. The quantitative estimate of drug-likeness (QED) is 0.675. The molecule has 0 radical (unpaired) electrons. The molecule has 0 aliphatic heterocycles. The van der Waals surface area contributed by atoms with Gasteiger partial charge in [-0.3, -0.25) is 0 Å². The van der Waals surface area contributed by atoms with E-state index in [9.17, 15) is 8.42 Å². The van der Waals surface area contributed by atoms with Crippen LogP contribution in [0.15, 0.2) is 29.7 Å². The van der Waals surface area contributed by atoms with E-state index in [4.69, 9.17) is 28.9 Å². The Kier molecular flexibility index (Phi) is 5.13.